The zero-order chi connectivity index (χ0) is 57.8. The van der Waals surface area contributed by atoms with Gasteiger partial charge in [-0.05, 0) is 25.7 Å². The van der Waals surface area contributed by atoms with Crippen LogP contribution in [0.1, 0.15) is 438 Å². The van der Waals surface area contributed by atoms with Crippen molar-refractivity contribution in [3.05, 3.63) is 0 Å². The molecule has 0 saturated heterocycles. The summed E-state index contributed by atoms with van der Waals surface area (Å²) in [6, 6.07) is -0.542. The molecule has 0 aliphatic carbocycles. The van der Waals surface area contributed by atoms with Gasteiger partial charge < -0.3 is 20.3 Å². The maximum absolute atomic E-state index is 12.6. The first-order valence-corrected chi connectivity index (χ1v) is 37.3. The second-order valence-electron chi connectivity index (χ2n) is 26.0. The number of hydrogen-bond acceptors (Lipinski definition) is 5. The standard InChI is InChI=1S/C74H147NO5/c1-3-5-7-9-11-13-15-17-19-21-23-24-27-31-34-38-42-46-50-54-58-62-66-72(77)71(70-76)75-73(78)67-63-59-55-51-47-43-39-35-32-28-25-26-29-33-37-41-45-49-53-57-61-65-69-80-74(79)68-64-60-56-52-48-44-40-36-30-22-20-18-16-14-12-10-8-6-4-2/h71-72,76-77H,3-70H2,1-2H3,(H,75,78). The Morgan fingerprint density at radius 1 is 0.300 bits per heavy atom. The van der Waals surface area contributed by atoms with Gasteiger partial charge in [0.05, 0.1) is 25.4 Å². The van der Waals surface area contributed by atoms with Crippen molar-refractivity contribution < 1.29 is 24.5 Å². The number of nitrogens with one attached hydrogen (secondary N) is 1. The molecule has 2 atom stereocenters. The summed E-state index contributed by atoms with van der Waals surface area (Å²) in [5, 5.41) is 23.4. The predicted molar refractivity (Wildman–Crippen MR) is 352 cm³/mol. The van der Waals surface area contributed by atoms with E-state index in [1.165, 1.54) is 366 Å². The number of ether oxygens (including phenoxy) is 1. The van der Waals surface area contributed by atoms with Gasteiger partial charge in [0, 0.05) is 12.8 Å². The van der Waals surface area contributed by atoms with Gasteiger partial charge in [-0.3, -0.25) is 9.59 Å². The summed E-state index contributed by atoms with van der Waals surface area (Å²) >= 11 is 0. The molecule has 1 amide bonds. The lowest BCUT2D eigenvalue weighted by atomic mass is 10.0. The van der Waals surface area contributed by atoms with E-state index in [2.05, 4.69) is 19.2 Å². The molecule has 0 aromatic rings. The van der Waals surface area contributed by atoms with Gasteiger partial charge in [0.2, 0.25) is 5.91 Å². The minimum absolute atomic E-state index is 0.0199. The van der Waals surface area contributed by atoms with Crippen LogP contribution in [0.15, 0.2) is 0 Å². The van der Waals surface area contributed by atoms with E-state index in [9.17, 15) is 19.8 Å². The van der Waals surface area contributed by atoms with Gasteiger partial charge in [0.1, 0.15) is 0 Å². The van der Waals surface area contributed by atoms with Crippen LogP contribution < -0.4 is 5.32 Å². The molecule has 0 fully saturated rings. The normalized spacial score (nSPS) is 12.4. The Kier molecular flexibility index (Phi) is 69.3. The van der Waals surface area contributed by atoms with E-state index in [1.807, 2.05) is 0 Å². The number of aliphatic hydroxyl groups is 2. The highest BCUT2D eigenvalue weighted by molar-refractivity contribution is 5.76. The molecule has 0 bridgehead atoms. The van der Waals surface area contributed by atoms with Crippen LogP contribution in [0.25, 0.3) is 0 Å². The third kappa shape index (κ3) is 66.0. The number of amides is 1. The van der Waals surface area contributed by atoms with Crippen molar-refractivity contribution >= 4 is 11.9 Å². The summed E-state index contributed by atoms with van der Waals surface area (Å²) < 4.78 is 5.52. The van der Waals surface area contributed by atoms with Crippen LogP contribution in [-0.2, 0) is 14.3 Å². The predicted octanol–water partition coefficient (Wildman–Crippen LogP) is 24.2. The van der Waals surface area contributed by atoms with Crippen LogP contribution in [0.4, 0.5) is 0 Å². The Balaban J connectivity index is 3.35. The fourth-order valence-electron chi connectivity index (χ4n) is 12.2. The van der Waals surface area contributed by atoms with Crippen molar-refractivity contribution in [3.63, 3.8) is 0 Å². The lowest BCUT2D eigenvalue weighted by Crippen LogP contribution is -2.45. The smallest absolute Gasteiger partial charge is 0.305 e. The van der Waals surface area contributed by atoms with Crippen LogP contribution in [-0.4, -0.2) is 47.4 Å². The number of unbranched alkanes of at least 4 members (excludes halogenated alkanes) is 60. The van der Waals surface area contributed by atoms with E-state index in [0.717, 1.165) is 38.5 Å². The molecule has 3 N–H and O–H groups in total. The van der Waals surface area contributed by atoms with E-state index >= 15 is 0 Å². The van der Waals surface area contributed by atoms with Crippen molar-refractivity contribution in [2.45, 2.75) is 450 Å². The quantitative estimate of drug-likeness (QED) is 0.0417. The molecule has 478 valence electrons. The lowest BCUT2D eigenvalue weighted by molar-refractivity contribution is -0.143. The van der Waals surface area contributed by atoms with Crippen LogP contribution >= 0.6 is 0 Å². The first kappa shape index (κ1) is 78.9. The summed E-state index contributed by atoms with van der Waals surface area (Å²) in [6.45, 7) is 5.01. The second kappa shape index (κ2) is 70.3. The molecule has 6 heteroatoms. The van der Waals surface area contributed by atoms with Crippen LogP contribution in [0.2, 0.25) is 0 Å². The summed E-state index contributed by atoms with van der Waals surface area (Å²) in [4.78, 5) is 24.7. The van der Waals surface area contributed by atoms with Crippen molar-refractivity contribution in [1.82, 2.24) is 5.32 Å². The van der Waals surface area contributed by atoms with Crippen LogP contribution in [0.3, 0.4) is 0 Å². The molecule has 2 unspecified atom stereocenters. The third-order valence-corrected chi connectivity index (χ3v) is 17.9. The Morgan fingerprint density at radius 2 is 0.512 bits per heavy atom. The first-order chi connectivity index (χ1) is 39.5. The molecule has 0 aliphatic heterocycles. The molecule has 0 spiro atoms. The molecular weight excluding hydrogens is 983 g/mol. The van der Waals surface area contributed by atoms with Gasteiger partial charge in [-0.15, -0.1) is 0 Å². The van der Waals surface area contributed by atoms with Crippen LogP contribution in [0, 0.1) is 0 Å². The van der Waals surface area contributed by atoms with E-state index < -0.39 is 12.1 Å². The van der Waals surface area contributed by atoms with Gasteiger partial charge >= 0.3 is 5.97 Å². The minimum Gasteiger partial charge on any atom is -0.466 e. The molecule has 0 heterocycles. The number of aliphatic hydroxyl groups excluding tert-OH is 2. The van der Waals surface area contributed by atoms with Crippen LogP contribution in [0.5, 0.6) is 0 Å². The first-order valence-electron chi connectivity index (χ1n) is 37.3. The third-order valence-electron chi connectivity index (χ3n) is 17.9. The lowest BCUT2D eigenvalue weighted by Gasteiger charge is -2.22. The minimum atomic E-state index is -0.665. The summed E-state index contributed by atoms with van der Waals surface area (Å²) in [5.41, 5.74) is 0. The molecule has 0 rings (SSSR count). The Labute approximate surface area is 502 Å². The Hall–Kier alpha value is -1.14. The average molecular weight is 1130 g/mol. The highest BCUT2D eigenvalue weighted by Crippen LogP contribution is 2.20. The van der Waals surface area contributed by atoms with E-state index in [4.69, 9.17) is 4.74 Å². The Bertz CT molecular complexity index is 1160. The maximum atomic E-state index is 12.6. The number of hydrogen-bond donors (Lipinski definition) is 3. The van der Waals surface area contributed by atoms with E-state index in [-0.39, 0.29) is 18.5 Å². The van der Waals surface area contributed by atoms with Gasteiger partial charge in [-0.25, -0.2) is 0 Å². The highest BCUT2D eigenvalue weighted by Gasteiger charge is 2.20. The fraction of sp³-hybridized carbons (Fsp3) is 0.973. The van der Waals surface area contributed by atoms with Crippen molar-refractivity contribution in [2.24, 2.45) is 0 Å². The molecule has 0 aliphatic rings. The fourth-order valence-corrected chi connectivity index (χ4v) is 12.2. The highest BCUT2D eigenvalue weighted by atomic mass is 16.5. The molecule has 6 nitrogen and oxygen atoms in total. The zero-order valence-electron chi connectivity index (χ0n) is 54.9. The number of carbonyl (C=O) groups is 2. The molecule has 0 aromatic heterocycles. The van der Waals surface area contributed by atoms with E-state index in [1.54, 1.807) is 0 Å². The molecule has 0 radical (unpaired) electrons. The topological polar surface area (TPSA) is 95.9 Å². The average Bonchev–Trinajstić information content (AvgIpc) is 3.46. The van der Waals surface area contributed by atoms with Crippen molar-refractivity contribution in [3.8, 4) is 0 Å². The van der Waals surface area contributed by atoms with Gasteiger partial charge in [-0.2, -0.15) is 0 Å². The van der Waals surface area contributed by atoms with Crippen molar-refractivity contribution in [2.75, 3.05) is 13.2 Å². The SMILES string of the molecule is CCCCCCCCCCCCCCCCCCCCCCCCC(O)C(CO)NC(=O)CCCCCCCCCCCCCCCCCCCCCCCCOC(=O)CCCCCCCCCCCCCCCCCCCCC. The summed E-state index contributed by atoms with van der Waals surface area (Å²) in [6.07, 6.45) is 85.9. The molecular formula is C74H147NO5. The molecule has 80 heavy (non-hydrogen) atoms. The Morgan fingerprint density at radius 3 is 0.762 bits per heavy atom. The summed E-state index contributed by atoms with van der Waals surface area (Å²) in [7, 11) is 0. The maximum Gasteiger partial charge on any atom is 0.305 e. The molecule has 0 aromatic carbocycles. The number of rotatable bonds is 71. The van der Waals surface area contributed by atoms with Crippen molar-refractivity contribution in [1.29, 1.82) is 0 Å². The molecule has 0 saturated carbocycles. The summed E-state index contributed by atoms with van der Waals surface area (Å²) in [5.74, 6) is -0.00925. The monoisotopic (exact) mass is 1130 g/mol. The van der Waals surface area contributed by atoms with Gasteiger partial charge in [-0.1, -0.05) is 399 Å². The second-order valence-corrected chi connectivity index (χ2v) is 26.0. The van der Waals surface area contributed by atoms with E-state index in [0.29, 0.717) is 25.9 Å². The van der Waals surface area contributed by atoms with Gasteiger partial charge in [0.25, 0.3) is 0 Å². The largest absolute Gasteiger partial charge is 0.466 e. The zero-order valence-corrected chi connectivity index (χ0v) is 54.9. The van der Waals surface area contributed by atoms with Gasteiger partial charge in [0.15, 0.2) is 0 Å². The number of carbonyl (C=O) groups excluding carboxylic acids is 2. The number of esters is 1.